The van der Waals surface area contributed by atoms with Gasteiger partial charge in [0.25, 0.3) is 0 Å². The van der Waals surface area contributed by atoms with Gasteiger partial charge in [0.05, 0.1) is 0 Å². The minimum atomic E-state index is 1.13. The van der Waals surface area contributed by atoms with Crippen LogP contribution in [0.2, 0.25) is 0 Å². The molecular weight excluding hydrogens is 307 g/mol. The van der Waals surface area contributed by atoms with E-state index >= 15 is 0 Å². The molecule has 16 heavy (non-hydrogen) atoms. The van der Waals surface area contributed by atoms with Gasteiger partial charge in [0, 0.05) is 9.66 Å². The summed E-state index contributed by atoms with van der Waals surface area (Å²) in [5.74, 6) is 0. The Morgan fingerprint density at radius 1 is 0.812 bits per heavy atom. The van der Waals surface area contributed by atoms with E-state index in [9.17, 15) is 0 Å². The van der Waals surface area contributed by atoms with Crippen LogP contribution >= 0.6 is 22.6 Å². The average molecular weight is 318 g/mol. The minimum Gasteiger partial charge on any atom is -0.105 e. The lowest BCUT2D eigenvalue weighted by Crippen LogP contribution is -1.85. The number of hydrogen-bond acceptors (Lipinski definition) is 0. The van der Waals surface area contributed by atoms with Crippen molar-refractivity contribution in [3.8, 4) is 0 Å². The smallest absolute Gasteiger partial charge is 0.0314 e. The Kier molecular flexibility index (Phi) is 3.97. The van der Waals surface area contributed by atoms with Crippen LogP contribution in [0.5, 0.6) is 0 Å². The number of hydrogen-bond donors (Lipinski definition) is 0. The summed E-state index contributed by atoms with van der Waals surface area (Å²) in [5.41, 5.74) is 6.82. The van der Waals surface area contributed by atoms with Crippen LogP contribution in [-0.4, -0.2) is 0 Å². The van der Waals surface area contributed by atoms with Gasteiger partial charge in [-0.1, -0.05) is 60.7 Å². The lowest BCUT2D eigenvalue weighted by atomic mass is 9.99. The monoisotopic (exact) mass is 318 g/mol. The maximum Gasteiger partial charge on any atom is 0.0314 e. The Morgan fingerprint density at radius 3 is 1.62 bits per heavy atom. The van der Waals surface area contributed by atoms with E-state index in [1.165, 1.54) is 11.1 Å². The summed E-state index contributed by atoms with van der Waals surface area (Å²) < 4.78 is 1.92. The number of rotatable bonds is 2. The average Bonchev–Trinajstić information content (AvgIpc) is 2.38. The lowest BCUT2D eigenvalue weighted by molar-refractivity contribution is 1.55. The molecule has 2 aromatic rings. The molecule has 0 fully saturated rings. The van der Waals surface area contributed by atoms with E-state index in [2.05, 4.69) is 52.6 Å². The third kappa shape index (κ3) is 2.63. The second-order valence-corrected chi connectivity index (χ2v) is 3.98. The lowest BCUT2D eigenvalue weighted by Gasteiger charge is -2.04. The van der Waals surface area contributed by atoms with Crippen LogP contribution in [0.25, 0.3) is 5.57 Å². The fourth-order valence-electron chi connectivity index (χ4n) is 1.60. The first kappa shape index (κ1) is 11.2. The van der Waals surface area contributed by atoms with Gasteiger partial charge in [0.15, 0.2) is 0 Å². The van der Waals surface area contributed by atoms with Crippen LogP contribution in [0.1, 0.15) is 11.1 Å². The van der Waals surface area contributed by atoms with E-state index in [0.29, 0.717) is 0 Å². The molecule has 0 heterocycles. The van der Waals surface area contributed by atoms with Gasteiger partial charge in [-0.3, -0.25) is 0 Å². The summed E-state index contributed by atoms with van der Waals surface area (Å²) in [5, 5.41) is 0. The molecule has 0 N–H and O–H groups in total. The molecule has 2 aromatic carbocycles. The summed E-state index contributed by atoms with van der Waals surface area (Å²) in [7, 11) is 0. The number of halogens is 1. The van der Waals surface area contributed by atoms with Gasteiger partial charge in [-0.25, -0.2) is 0 Å². The normalized spacial score (nSPS) is 9.31. The minimum absolute atomic E-state index is 1.13. The Morgan fingerprint density at radius 2 is 1.25 bits per heavy atom. The van der Waals surface area contributed by atoms with Gasteiger partial charge < -0.3 is 0 Å². The first-order valence-corrected chi connectivity index (χ1v) is 6.32. The van der Waals surface area contributed by atoms with Crippen molar-refractivity contribution in [2.24, 2.45) is 0 Å². The Balaban J connectivity index is 2.53. The molecule has 0 unspecified atom stereocenters. The highest BCUT2D eigenvalue weighted by atomic mass is 127. The predicted molar refractivity (Wildman–Crippen MR) is 77.5 cm³/mol. The molecule has 2 rings (SSSR count). The van der Waals surface area contributed by atoms with Crippen LogP contribution < -0.4 is 0 Å². The van der Waals surface area contributed by atoms with Gasteiger partial charge in [-0.2, -0.15) is 0 Å². The Labute approximate surface area is 109 Å². The van der Waals surface area contributed by atoms with Gasteiger partial charge in [0.2, 0.25) is 0 Å². The molecular formula is C15H11I. The van der Waals surface area contributed by atoms with Crippen molar-refractivity contribution in [3.63, 3.8) is 0 Å². The molecule has 78 valence electrons. The highest BCUT2D eigenvalue weighted by molar-refractivity contribution is 14.1. The first-order chi connectivity index (χ1) is 7.92. The topological polar surface area (TPSA) is 0 Å². The largest absolute Gasteiger partial charge is 0.105 e. The predicted octanol–water partition coefficient (Wildman–Crippen LogP) is 4.67. The van der Waals surface area contributed by atoms with Crippen molar-refractivity contribution in [3.05, 3.63) is 81.6 Å². The fourth-order valence-corrected chi connectivity index (χ4v) is 1.91. The first-order valence-electron chi connectivity index (χ1n) is 5.08. The highest BCUT2D eigenvalue weighted by Gasteiger charge is 2.02. The summed E-state index contributed by atoms with van der Waals surface area (Å²) in [6, 6.07) is 20.7. The molecule has 0 saturated heterocycles. The Hall–Kier alpha value is -1.31. The molecule has 0 saturated carbocycles. The van der Waals surface area contributed by atoms with Crippen LogP contribution in [0.4, 0.5) is 0 Å². The molecule has 0 amide bonds. The quantitative estimate of drug-likeness (QED) is 0.558. The van der Waals surface area contributed by atoms with Gasteiger partial charge in [-0.05, 0) is 33.7 Å². The summed E-state index contributed by atoms with van der Waals surface area (Å²) in [6.45, 7) is 0. The summed E-state index contributed by atoms with van der Waals surface area (Å²) in [6.07, 6.45) is 0. The maximum atomic E-state index is 3.29. The van der Waals surface area contributed by atoms with Crippen LogP contribution in [0.3, 0.4) is 0 Å². The van der Waals surface area contributed by atoms with E-state index in [-0.39, 0.29) is 0 Å². The maximum absolute atomic E-state index is 3.29. The van der Waals surface area contributed by atoms with E-state index in [1.54, 1.807) is 0 Å². The van der Waals surface area contributed by atoms with Gasteiger partial charge >= 0.3 is 0 Å². The summed E-state index contributed by atoms with van der Waals surface area (Å²) in [4.78, 5) is 0. The number of benzene rings is 2. The zero-order valence-electron chi connectivity index (χ0n) is 8.73. The molecule has 0 aliphatic carbocycles. The van der Waals surface area contributed by atoms with Crippen molar-refractivity contribution in [2.75, 3.05) is 0 Å². The second kappa shape index (κ2) is 5.69. The zero-order valence-corrected chi connectivity index (χ0v) is 10.9. The third-order valence-corrected chi connectivity index (χ3v) is 2.64. The van der Waals surface area contributed by atoms with E-state index < -0.39 is 0 Å². The van der Waals surface area contributed by atoms with Crippen molar-refractivity contribution in [1.82, 2.24) is 0 Å². The van der Waals surface area contributed by atoms with E-state index in [1.807, 2.05) is 40.5 Å². The standard InChI is InChI=1S/C15H11I/c16-12-11-15(13-7-3-1-4-8-13)14-9-5-2-6-10-14/h1-10,12H. The van der Waals surface area contributed by atoms with Crippen molar-refractivity contribution in [2.45, 2.75) is 0 Å². The SMILES string of the molecule is IC=C=C(c1ccccc1)c1ccccc1. The van der Waals surface area contributed by atoms with E-state index in [0.717, 1.165) is 5.57 Å². The summed E-state index contributed by atoms with van der Waals surface area (Å²) >= 11 is 2.20. The van der Waals surface area contributed by atoms with Crippen LogP contribution in [-0.2, 0) is 0 Å². The van der Waals surface area contributed by atoms with Crippen molar-refractivity contribution in [1.29, 1.82) is 0 Å². The zero-order chi connectivity index (χ0) is 11.2. The Bertz CT molecular complexity index is 464. The van der Waals surface area contributed by atoms with Gasteiger partial charge in [-0.15, -0.1) is 5.73 Å². The third-order valence-electron chi connectivity index (χ3n) is 2.32. The second-order valence-electron chi connectivity index (χ2n) is 3.36. The molecule has 0 spiro atoms. The molecule has 0 aliphatic rings. The van der Waals surface area contributed by atoms with Crippen LogP contribution in [0, 0.1) is 0 Å². The molecule has 0 radical (unpaired) electrons. The molecule has 0 bridgehead atoms. The van der Waals surface area contributed by atoms with Crippen molar-refractivity contribution >= 4 is 28.2 Å². The molecule has 0 aliphatic heterocycles. The van der Waals surface area contributed by atoms with E-state index in [4.69, 9.17) is 0 Å². The molecule has 0 nitrogen and oxygen atoms in total. The molecule has 1 heteroatoms. The van der Waals surface area contributed by atoms with Crippen molar-refractivity contribution < 1.29 is 0 Å². The van der Waals surface area contributed by atoms with Crippen LogP contribution in [0.15, 0.2) is 70.5 Å². The fraction of sp³-hybridized carbons (Fsp3) is 0. The van der Waals surface area contributed by atoms with Gasteiger partial charge in [0.1, 0.15) is 0 Å². The highest BCUT2D eigenvalue weighted by Crippen LogP contribution is 2.21. The molecule has 0 aromatic heterocycles. The molecule has 0 atom stereocenters.